The van der Waals surface area contributed by atoms with Gasteiger partial charge in [-0.1, -0.05) is 6.07 Å². The normalized spacial score (nSPS) is 11.1. The molecule has 15 heavy (non-hydrogen) atoms. The minimum atomic E-state index is -0.284. The third-order valence-electron chi connectivity index (χ3n) is 2.33. The predicted octanol–water partition coefficient (Wildman–Crippen LogP) is 1.04. The first-order valence-electron chi connectivity index (χ1n) is 4.84. The maximum atomic E-state index is 11.9. The monoisotopic (exact) mass is 204 g/mol. The van der Waals surface area contributed by atoms with E-state index in [1.165, 1.54) is 15.0 Å². The van der Waals surface area contributed by atoms with E-state index in [-0.39, 0.29) is 17.3 Å². The second-order valence-electron chi connectivity index (χ2n) is 3.72. The minimum Gasteiger partial charge on any atom is -0.269 e. The van der Waals surface area contributed by atoms with Gasteiger partial charge in [0.2, 0.25) is 0 Å². The Hall–Kier alpha value is -1.84. The van der Waals surface area contributed by atoms with Crippen LogP contribution in [0.25, 0.3) is 5.52 Å². The zero-order valence-electron chi connectivity index (χ0n) is 8.68. The molecule has 2 rings (SSSR count). The van der Waals surface area contributed by atoms with Crippen LogP contribution in [0.5, 0.6) is 0 Å². The van der Waals surface area contributed by atoms with Gasteiger partial charge in [0.15, 0.2) is 0 Å². The smallest absolute Gasteiger partial charge is 0.269 e. The first-order chi connectivity index (χ1) is 7.11. The molecule has 0 radical (unpaired) electrons. The van der Waals surface area contributed by atoms with Crippen LogP contribution in [-0.2, 0) is 0 Å². The van der Waals surface area contributed by atoms with Crippen molar-refractivity contribution in [3.63, 3.8) is 0 Å². The van der Waals surface area contributed by atoms with Gasteiger partial charge in [0.1, 0.15) is 0 Å². The quantitative estimate of drug-likeness (QED) is 0.696. The molecular formula is C11H12N2O2. The Morgan fingerprint density at radius 1 is 1.20 bits per heavy atom. The van der Waals surface area contributed by atoms with Gasteiger partial charge in [0, 0.05) is 18.3 Å². The van der Waals surface area contributed by atoms with Crippen LogP contribution >= 0.6 is 0 Å². The molecule has 0 saturated heterocycles. The maximum absolute atomic E-state index is 11.9. The lowest BCUT2D eigenvalue weighted by Gasteiger charge is -2.09. The SMILES string of the molecule is CC(C)n1c(=O)cc2ccccn2c1=O. The lowest BCUT2D eigenvalue weighted by atomic mass is 10.3. The lowest BCUT2D eigenvalue weighted by molar-refractivity contribution is 0.541. The largest absolute Gasteiger partial charge is 0.335 e. The van der Waals surface area contributed by atoms with Gasteiger partial charge >= 0.3 is 5.69 Å². The van der Waals surface area contributed by atoms with E-state index in [9.17, 15) is 9.59 Å². The Labute approximate surface area is 86.4 Å². The molecule has 0 N–H and O–H groups in total. The number of hydrogen-bond acceptors (Lipinski definition) is 2. The second kappa shape index (κ2) is 3.38. The fourth-order valence-electron chi connectivity index (χ4n) is 1.63. The molecule has 0 spiro atoms. The summed E-state index contributed by atoms with van der Waals surface area (Å²) in [5.74, 6) is 0. The molecule has 0 saturated carbocycles. The molecule has 4 heteroatoms. The van der Waals surface area contributed by atoms with Crippen LogP contribution in [0, 0.1) is 0 Å². The van der Waals surface area contributed by atoms with E-state index in [0.717, 1.165) is 0 Å². The third kappa shape index (κ3) is 1.48. The molecule has 0 aliphatic carbocycles. The molecule has 0 aliphatic rings. The number of aromatic nitrogens is 2. The van der Waals surface area contributed by atoms with E-state index in [1.54, 1.807) is 24.4 Å². The van der Waals surface area contributed by atoms with E-state index in [2.05, 4.69) is 0 Å². The average Bonchev–Trinajstić information content (AvgIpc) is 2.17. The molecule has 2 aromatic rings. The molecule has 4 nitrogen and oxygen atoms in total. The van der Waals surface area contributed by atoms with Crippen molar-refractivity contribution in [1.82, 2.24) is 8.97 Å². The Kier molecular flexibility index (Phi) is 2.19. The molecule has 0 amide bonds. The highest BCUT2D eigenvalue weighted by Gasteiger charge is 2.07. The maximum Gasteiger partial charge on any atom is 0.335 e. The van der Waals surface area contributed by atoms with E-state index in [4.69, 9.17) is 0 Å². The summed E-state index contributed by atoms with van der Waals surface area (Å²) in [5.41, 5.74) is 0.0960. The third-order valence-corrected chi connectivity index (χ3v) is 2.33. The average molecular weight is 204 g/mol. The number of rotatable bonds is 1. The van der Waals surface area contributed by atoms with Crippen molar-refractivity contribution in [1.29, 1.82) is 0 Å². The van der Waals surface area contributed by atoms with E-state index in [1.807, 2.05) is 13.8 Å². The van der Waals surface area contributed by atoms with Gasteiger partial charge in [-0.3, -0.25) is 13.8 Å². The molecular weight excluding hydrogens is 192 g/mol. The summed E-state index contributed by atoms with van der Waals surface area (Å²) in [6.07, 6.45) is 1.66. The molecule has 78 valence electrons. The molecule has 0 atom stereocenters. The van der Waals surface area contributed by atoms with E-state index >= 15 is 0 Å². The van der Waals surface area contributed by atoms with Crippen LogP contribution in [0.1, 0.15) is 19.9 Å². The van der Waals surface area contributed by atoms with Gasteiger partial charge < -0.3 is 0 Å². The molecule has 0 aromatic carbocycles. The first kappa shape index (κ1) is 9.71. The fraction of sp³-hybridized carbons (Fsp3) is 0.273. The van der Waals surface area contributed by atoms with Crippen LogP contribution in [0.4, 0.5) is 0 Å². The van der Waals surface area contributed by atoms with Gasteiger partial charge in [-0.05, 0) is 26.0 Å². The van der Waals surface area contributed by atoms with Gasteiger partial charge in [-0.25, -0.2) is 4.79 Å². The van der Waals surface area contributed by atoms with Crippen LogP contribution in [0.3, 0.4) is 0 Å². The highest BCUT2D eigenvalue weighted by Crippen LogP contribution is 1.99. The van der Waals surface area contributed by atoms with Crippen molar-refractivity contribution in [2.24, 2.45) is 0 Å². The standard InChI is InChI=1S/C11H12N2O2/c1-8(2)13-10(14)7-9-5-3-4-6-12(9)11(13)15/h3-8H,1-2H3. The van der Waals surface area contributed by atoms with Crippen LogP contribution < -0.4 is 11.2 Å². The van der Waals surface area contributed by atoms with Crippen molar-refractivity contribution in [3.8, 4) is 0 Å². The number of nitrogens with zero attached hydrogens (tertiary/aromatic N) is 2. The highest BCUT2D eigenvalue weighted by atomic mass is 16.2. The Morgan fingerprint density at radius 3 is 2.60 bits per heavy atom. The Bertz CT molecular complexity index is 608. The van der Waals surface area contributed by atoms with Gasteiger partial charge in [-0.15, -0.1) is 0 Å². The molecule has 0 unspecified atom stereocenters. The predicted molar refractivity (Wildman–Crippen MR) is 58.3 cm³/mol. The summed E-state index contributed by atoms with van der Waals surface area (Å²) in [7, 11) is 0. The topological polar surface area (TPSA) is 43.5 Å². The fourth-order valence-corrected chi connectivity index (χ4v) is 1.63. The van der Waals surface area contributed by atoms with Crippen molar-refractivity contribution in [3.05, 3.63) is 51.3 Å². The molecule has 2 aromatic heterocycles. The van der Waals surface area contributed by atoms with Crippen LogP contribution in [0.2, 0.25) is 0 Å². The van der Waals surface area contributed by atoms with Crippen molar-refractivity contribution in [2.75, 3.05) is 0 Å². The number of hydrogen-bond donors (Lipinski definition) is 0. The molecule has 0 fully saturated rings. The Balaban J connectivity index is 2.97. The summed E-state index contributed by atoms with van der Waals surface area (Å²) in [6, 6.07) is 6.66. The summed E-state index contributed by atoms with van der Waals surface area (Å²) >= 11 is 0. The van der Waals surface area contributed by atoms with Crippen LogP contribution in [0.15, 0.2) is 40.1 Å². The van der Waals surface area contributed by atoms with Crippen molar-refractivity contribution < 1.29 is 0 Å². The summed E-state index contributed by atoms with van der Waals surface area (Å²) in [4.78, 5) is 23.6. The number of fused-ring (bicyclic) bond motifs is 1. The van der Waals surface area contributed by atoms with Crippen molar-refractivity contribution >= 4 is 5.52 Å². The second-order valence-corrected chi connectivity index (χ2v) is 3.72. The highest BCUT2D eigenvalue weighted by molar-refractivity contribution is 5.44. The first-order valence-corrected chi connectivity index (χ1v) is 4.84. The molecule has 0 aliphatic heterocycles. The molecule has 2 heterocycles. The van der Waals surface area contributed by atoms with Gasteiger partial charge in [0.25, 0.3) is 5.56 Å². The summed E-state index contributed by atoms with van der Waals surface area (Å²) in [6.45, 7) is 3.64. The Morgan fingerprint density at radius 2 is 1.93 bits per heavy atom. The zero-order chi connectivity index (χ0) is 11.0. The zero-order valence-corrected chi connectivity index (χ0v) is 8.68. The van der Waals surface area contributed by atoms with Gasteiger partial charge in [0.05, 0.1) is 5.52 Å². The van der Waals surface area contributed by atoms with Crippen LogP contribution in [-0.4, -0.2) is 8.97 Å². The van der Waals surface area contributed by atoms with E-state index < -0.39 is 0 Å². The number of pyridine rings is 1. The summed E-state index contributed by atoms with van der Waals surface area (Å²) < 4.78 is 2.72. The molecule has 0 bridgehead atoms. The van der Waals surface area contributed by atoms with Gasteiger partial charge in [-0.2, -0.15) is 0 Å². The van der Waals surface area contributed by atoms with E-state index in [0.29, 0.717) is 5.52 Å². The minimum absolute atomic E-state index is 0.123. The summed E-state index contributed by atoms with van der Waals surface area (Å²) in [5, 5.41) is 0. The lowest BCUT2D eigenvalue weighted by Crippen LogP contribution is -2.37. The van der Waals surface area contributed by atoms with Crippen molar-refractivity contribution in [2.45, 2.75) is 19.9 Å².